The maximum atomic E-state index is 6.23. The van der Waals surface area contributed by atoms with E-state index in [0.717, 1.165) is 20.2 Å². The van der Waals surface area contributed by atoms with Crippen LogP contribution in [0.2, 0.25) is 5.02 Å². The van der Waals surface area contributed by atoms with E-state index >= 15 is 0 Å². The highest BCUT2D eigenvalue weighted by atomic mass is 79.9. The molecule has 1 unspecified atom stereocenters. The summed E-state index contributed by atoms with van der Waals surface area (Å²) in [6.45, 7) is 0. The van der Waals surface area contributed by atoms with Gasteiger partial charge in [0.1, 0.15) is 0 Å². The van der Waals surface area contributed by atoms with E-state index in [2.05, 4.69) is 37.0 Å². The lowest BCUT2D eigenvalue weighted by atomic mass is 10.1. The molecule has 1 aromatic heterocycles. The van der Waals surface area contributed by atoms with Gasteiger partial charge in [0.25, 0.3) is 0 Å². The highest BCUT2D eigenvalue weighted by Gasteiger charge is 2.17. The molecule has 1 aromatic carbocycles. The maximum absolute atomic E-state index is 6.23. The third kappa shape index (κ3) is 2.57. The topological polar surface area (TPSA) is 43.8 Å². The van der Waals surface area contributed by atoms with Gasteiger partial charge in [-0.1, -0.05) is 17.7 Å². The maximum Gasteiger partial charge on any atom is 0.0735 e. The zero-order valence-electron chi connectivity index (χ0n) is 8.99. The molecule has 3 nitrogen and oxygen atoms in total. The summed E-state index contributed by atoms with van der Waals surface area (Å²) < 4.78 is 3.50. The van der Waals surface area contributed by atoms with E-state index in [1.165, 1.54) is 0 Å². The first-order valence-corrected chi connectivity index (χ1v) is 6.85. The third-order valence-corrected chi connectivity index (χ3v) is 4.36. The monoisotopic (exact) mass is 377 g/mol. The summed E-state index contributed by atoms with van der Waals surface area (Å²) in [5, 5.41) is 4.83. The van der Waals surface area contributed by atoms with Crippen LogP contribution in [0.25, 0.3) is 0 Å². The molecule has 0 aliphatic carbocycles. The Balaban J connectivity index is 2.43. The first-order chi connectivity index (χ1) is 8.00. The van der Waals surface area contributed by atoms with Gasteiger partial charge in [-0.15, -0.1) is 0 Å². The molecule has 0 spiro atoms. The molecule has 0 saturated heterocycles. The van der Waals surface area contributed by atoms with E-state index in [1.54, 1.807) is 10.9 Å². The van der Waals surface area contributed by atoms with Crippen molar-refractivity contribution in [3.63, 3.8) is 0 Å². The quantitative estimate of drug-likeness (QED) is 0.866. The highest BCUT2D eigenvalue weighted by Crippen LogP contribution is 2.30. The van der Waals surface area contributed by atoms with Gasteiger partial charge < -0.3 is 5.73 Å². The Bertz CT molecular complexity index is 534. The molecule has 0 aliphatic heterocycles. The van der Waals surface area contributed by atoms with E-state index in [9.17, 15) is 0 Å². The normalized spacial score (nSPS) is 12.8. The lowest BCUT2D eigenvalue weighted by Crippen LogP contribution is -2.16. The van der Waals surface area contributed by atoms with Crippen LogP contribution in [0, 0.1) is 0 Å². The van der Waals surface area contributed by atoms with Crippen LogP contribution in [-0.4, -0.2) is 9.78 Å². The van der Waals surface area contributed by atoms with Gasteiger partial charge in [0.2, 0.25) is 0 Å². The van der Waals surface area contributed by atoms with Crippen LogP contribution in [0.15, 0.2) is 33.3 Å². The van der Waals surface area contributed by atoms with Gasteiger partial charge in [0.05, 0.1) is 27.4 Å². The van der Waals surface area contributed by atoms with Gasteiger partial charge in [-0.05, 0) is 49.6 Å². The van der Waals surface area contributed by atoms with Crippen molar-refractivity contribution in [2.24, 2.45) is 12.8 Å². The fraction of sp³-hybridized carbons (Fsp3) is 0.182. The van der Waals surface area contributed by atoms with Crippen molar-refractivity contribution in [2.45, 2.75) is 6.04 Å². The van der Waals surface area contributed by atoms with E-state index in [1.807, 2.05) is 25.2 Å². The van der Waals surface area contributed by atoms with Crippen molar-refractivity contribution in [1.29, 1.82) is 0 Å². The van der Waals surface area contributed by atoms with Crippen LogP contribution in [-0.2, 0) is 7.05 Å². The van der Waals surface area contributed by atoms with Gasteiger partial charge >= 0.3 is 0 Å². The van der Waals surface area contributed by atoms with Crippen LogP contribution < -0.4 is 5.73 Å². The van der Waals surface area contributed by atoms with Crippen molar-refractivity contribution in [1.82, 2.24) is 9.78 Å². The number of hydrogen-bond donors (Lipinski definition) is 1. The first kappa shape index (κ1) is 13.1. The Labute approximate surface area is 121 Å². The van der Waals surface area contributed by atoms with Crippen LogP contribution in [0.4, 0.5) is 0 Å². The second-order valence-corrected chi connectivity index (χ2v) is 5.77. The Morgan fingerprint density at radius 3 is 2.59 bits per heavy atom. The van der Waals surface area contributed by atoms with Gasteiger partial charge in [0, 0.05) is 11.5 Å². The summed E-state index contributed by atoms with van der Waals surface area (Å²) >= 11 is 12.8. The highest BCUT2D eigenvalue weighted by molar-refractivity contribution is 9.10. The Kier molecular flexibility index (Phi) is 3.92. The van der Waals surface area contributed by atoms with Gasteiger partial charge in [-0.3, -0.25) is 4.68 Å². The second kappa shape index (κ2) is 5.10. The smallest absolute Gasteiger partial charge is 0.0735 e. The number of nitrogens with two attached hydrogens (primary N) is 1. The number of rotatable bonds is 2. The largest absolute Gasteiger partial charge is 0.319 e. The summed E-state index contributed by atoms with van der Waals surface area (Å²) in [6.07, 6.45) is 1.74. The molecule has 17 heavy (non-hydrogen) atoms. The number of hydrogen-bond acceptors (Lipinski definition) is 2. The van der Waals surface area contributed by atoms with E-state index in [0.29, 0.717) is 5.02 Å². The average molecular weight is 379 g/mol. The minimum atomic E-state index is -0.245. The summed E-state index contributed by atoms with van der Waals surface area (Å²) in [5.74, 6) is 0. The van der Waals surface area contributed by atoms with Crippen molar-refractivity contribution in [3.05, 3.63) is 49.6 Å². The molecule has 90 valence electrons. The molecular weight excluding hydrogens is 369 g/mol. The third-order valence-electron chi connectivity index (χ3n) is 2.53. The predicted molar refractivity (Wildman–Crippen MR) is 76.1 cm³/mol. The molecule has 1 heterocycles. The summed E-state index contributed by atoms with van der Waals surface area (Å²) in [5.41, 5.74) is 8.13. The van der Waals surface area contributed by atoms with Crippen LogP contribution in [0.5, 0.6) is 0 Å². The molecule has 0 amide bonds. The van der Waals surface area contributed by atoms with Crippen molar-refractivity contribution < 1.29 is 0 Å². The SMILES string of the molecule is Cn1ncc(Br)c1C(N)c1ccc(Cl)c(Br)c1. The molecule has 0 radical (unpaired) electrons. The number of halogens is 3. The summed E-state index contributed by atoms with van der Waals surface area (Å²) in [6, 6.07) is 5.42. The van der Waals surface area contributed by atoms with Crippen molar-refractivity contribution in [2.75, 3.05) is 0 Å². The fourth-order valence-corrected chi connectivity index (χ4v) is 2.74. The molecule has 1 atom stereocenters. The van der Waals surface area contributed by atoms with Crippen LogP contribution in [0.1, 0.15) is 17.3 Å². The molecule has 2 N–H and O–H groups in total. The summed E-state index contributed by atoms with van der Waals surface area (Å²) in [4.78, 5) is 0. The number of benzene rings is 1. The Morgan fingerprint density at radius 2 is 2.06 bits per heavy atom. The van der Waals surface area contributed by atoms with Gasteiger partial charge in [-0.25, -0.2) is 0 Å². The van der Waals surface area contributed by atoms with Crippen molar-refractivity contribution >= 4 is 43.5 Å². The van der Waals surface area contributed by atoms with Gasteiger partial charge in [-0.2, -0.15) is 5.10 Å². The Morgan fingerprint density at radius 1 is 1.35 bits per heavy atom. The Hall–Kier alpha value is -0.360. The number of aryl methyl sites for hydroxylation is 1. The van der Waals surface area contributed by atoms with Gasteiger partial charge in [0.15, 0.2) is 0 Å². The number of aromatic nitrogens is 2. The molecule has 2 rings (SSSR count). The van der Waals surface area contributed by atoms with Crippen LogP contribution >= 0.6 is 43.5 Å². The number of nitrogens with zero attached hydrogens (tertiary/aromatic N) is 2. The minimum absolute atomic E-state index is 0.245. The van der Waals surface area contributed by atoms with Crippen LogP contribution in [0.3, 0.4) is 0 Å². The fourth-order valence-electron chi connectivity index (χ4n) is 1.63. The minimum Gasteiger partial charge on any atom is -0.319 e. The zero-order valence-corrected chi connectivity index (χ0v) is 12.9. The molecule has 0 saturated carbocycles. The molecule has 0 bridgehead atoms. The molecule has 2 aromatic rings. The lowest BCUT2D eigenvalue weighted by molar-refractivity contribution is 0.671. The molecular formula is C11H10Br2ClN3. The average Bonchev–Trinajstić information content (AvgIpc) is 2.62. The first-order valence-electron chi connectivity index (χ1n) is 4.88. The standard InChI is InChI=1S/C11H10Br2ClN3/c1-17-11(8(13)5-16-17)10(15)6-2-3-9(14)7(12)4-6/h2-5,10H,15H2,1H3. The summed E-state index contributed by atoms with van der Waals surface area (Å²) in [7, 11) is 1.87. The molecule has 0 fully saturated rings. The molecule has 0 aliphatic rings. The van der Waals surface area contributed by atoms with E-state index in [4.69, 9.17) is 17.3 Å². The van der Waals surface area contributed by atoms with Crippen molar-refractivity contribution in [3.8, 4) is 0 Å². The van der Waals surface area contributed by atoms with E-state index < -0.39 is 0 Å². The lowest BCUT2D eigenvalue weighted by Gasteiger charge is -2.14. The van der Waals surface area contributed by atoms with E-state index in [-0.39, 0.29) is 6.04 Å². The predicted octanol–water partition coefficient (Wildman–Crippen LogP) is 3.65. The zero-order chi connectivity index (χ0) is 12.6. The molecule has 6 heteroatoms. The second-order valence-electron chi connectivity index (χ2n) is 3.65.